The van der Waals surface area contributed by atoms with Crippen molar-refractivity contribution in [3.05, 3.63) is 41.5 Å². The van der Waals surface area contributed by atoms with Gasteiger partial charge in [-0.05, 0) is 42.7 Å². The highest BCUT2D eigenvalue weighted by atomic mass is 16.5. The summed E-state index contributed by atoms with van der Waals surface area (Å²) < 4.78 is 10.7. The van der Waals surface area contributed by atoms with E-state index in [0.717, 1.165) is 24.1 Å². The van der Waals surface area contributed by atoms with Crippen molar-refractivity contribution in [1.29, 1.82) is 0 Å². The molecule has 0 aromatic heterocycles. The van der Waals surface area contributed by atoms with Crippen LogP contribution in [0.4, 0.5) is 17.1 Å². The Morgan fingerprint density at radius 2 is 1.96 bits per heavy atom. The predicted octanol–water partition coefficient (Wildman–Crippen LogP) is 2.84. The maximum Gasteiger partial charge on any atom is 0.258 e. The van der Waals surface area contributed by atoms with Crippen LogP contribution in [-0.4, -0.2) is 32.6 Å². The van der Waals surface area contributed by atoms with Gasteiger partial charge < -0.3 is 25.4 Å². The Morgan fingerprint density at radius 1 is 1.19 bits per heavy atom. The largest absolute Gasteiger partial charge is 0.493 e. The Morgan fingerprint density at radius 3 is 2.63 bits per heavy atom. The molecule has 142 valence electrons. The number of fused-ring (bicyclic) bond motifs is 1. The van der Waals surface area contributed by atoms with E-state index in [2.05, 4.69) is 5.32 Å². The van der Waals surface area contributed by atoms with Gasteiger partial charge in [0.05, 0.1) is 19.9 Å². The first-order valence-electron chi connectivity index (χ1n) is 8.69. The van der Waals surface area contributed by atoms with Gasteiger partial charge in [0.2, 0.25) is 5.91 Å². The third kappa shape index (κ3) is 3.53. The zero-order valence-electron chi connectivity index (χ0n) is 15.7. The summed E-state index contributed by atoms with van der Waals surface area (Å²) >= 11 is 0. The molecular weight excluding hydrogens is 346 g/mol. The molecule has 0 saturated heterocycles. The summed E-state index contributed by atoms with van der Waals surface area (Å²) in [6.45, 7) is 1.99. The maximum absolute atomic E-state index is 13.3. The lowest BCUT2D eigenvalue weighted by atomic mass is 9.99. The maximum atomic E-state index is 13.3. The number of carbonyl (C=O) groups excluding carboxylic acids is 2. The van der Waals surface area contributed by atoms with Crippen LogP contribution in [0.25, 0.3) is 0 Å². The number of ether oxygens (including phenoxy) is 2. The molecule has 27 heavy (non-hydrogen) atoms. The first-order valence-corrected chi connectivity index (χ1v) is 8.69. The second-order valence-corrected chi connectivity index (χ2v) is 6.35. The van der Waals surface area contributed by atoms with Gasteiger partial charge >= 0.3 is 0 Å². The molecule has 0 saturated carbocycles. The van der Waals surface area contributed by atoms with Gasteiger partial charge in [-0.1, -0.05) is 6.07 Å². The average molecular weight is 369 g/mol. The first kappa shape index (κ1) is 18.6. The zero-order valence-corrected chi connectivity index (χ0v) is 15.7. The third-order valence-corrected chi connectivity index (χ3v) is 4.57. The van der Waals surface area contributed by atoms with Crippen molar-refractivity contribution in [3.8, 4) is 11.5 Å². The summed E-state index contributed by atoms with van der Waals surface area (Å²) in [5.74, 6) is 0.287. The number of nitrogens with one attached hydrogen (secondary N) is 1. The van der Waals surface area contributed by atoms with E-state index in [9.17, 15) is 9.59 Å². The Labute approximate surface area is 158 Å². The number of benzene rings is 2. The van der Waals surface area contributed by atoms with Crippen molar-refractivity contribution in [3.63, 3.8) is 0 Å². The zero-order chi connectivity index (χ0) is 19.6. The monoisotopic (exact) mass is 369 g/mol. The lowest BCUT2D eigenvalue weighted by Gasteiger charge is -2.30. The van der Waals surface area contributed by atoms with Gasteiger partial charge in [-0.15, -0.1) is 0 Å². The fourth-order valence-corrected chi connectivity index (χ4v) is 3.39. The van der Waals surface area contributed by atoms with Crippen LogP contribution in [0, 0.1) is 0 Å². The molecule has 0 aliphatic carbocycles. The molecule has 7 heteroatoms. The number of methoxy groups -OCH3 is 2. The van der Waals surface area contributed by atoms with E-state index in [1.54, 1.807) is 17.0 Å². The van der Waals surface area contributed by atoms with Gasteiger partial charge in [0.25, 0.3) is 5.91 Å². The molecular formula is C20H23N3O4. The standard InChI is InChI=1S/C20H23N3O4/c1-12(24)22-16-10-13(11-18(26-2)19(16)27-3)20(25)23-9-5-6-14-15(21)7-4-8-17(14)23/h4,7-8,10-11H,5-6,9,21H2,1-3H3,(H,22,24). The number of nitrogens with zero attached hydrogens (tertiary/aromatic N) is 1. The van der Waals surface area contributed by atoms with E-state index in [-0.39, 0.29) is 11.8 Å². The van der Waals surface area contributed by atoms with Crippen molar-refractivity contribution in [2.45, 2.75) is 19.8 Å². The van der Waals surface area contributed by atoms with Crippen molar-refractivity contribution in [2.75, 3.05) is 36.7 Å². The van der Waals surface area contributed by atoms with E-state index in [0.29, 0.717) is 35.0 Å². The minimum absolute atomic E-state index is 0.186. The minimum atomic E-state index is -0.268. The molecule has 1 heterocycles. The van der Waals surface area contributed by atoms with Crippen LogP contribution in [0.2, 0.25) is 0 Å². The Balaban J connectivity index is 2.05. The summed E-state index contributed by atoms with van der Waals surface area (Å²) in [4.78, 5) is 26.5. The number of hydrogen-bond acceptors (Lipinski definition) is 5. The number of amides is 2. The van der Waals surface area contributed by atoms with Crippen LogP contribution in [0.15, 0.2) is 30.3 Å². The van der Waals surface area contributed by atoms with E-state index >= 15 is 0 Å². The van der Waals surface area contributed by atoms with Crippen LogP contribution < -0.4 is 25.4 Å². The lowest BCUT2D eigenvalue weighted by molar-refractivity contribution is -0.114. The molecule has 0 spiro atoms. The number of hydrogen-bond donors (Lipinski definition) is 2. The summed E-state index contributed by atoms with van der Waals surface area (Å²) in [6.07, 6.45) is 1.67. The SMILES string of the molecule is COc1cc(C(=O)N2CCCc3c(N)cccc32)cc(NC(C)=O)c1OC. The number of nitrogens with two attached hydrogens (primary N) is 1. The number of rotatable bonds is 4. The fraction of sp³-hybridized carbons (Fsp3) is 0.300. The van der Waals surface area contributed by atoms with Crippen molar-refractivity contribution < 1.29 is 19.1 Å². The third-order valence-electron chi connectivity index (χ3n) is 4.57. The van der Waals surface area contributed by atoms with Crippen molar-refractivity contribution in [2.24, 2.45) is 0 Å². The first-order chi connectivity index (χ1) is 13.0. The molecule has 0 radical (unpaired) electrons. The molecule has 0 fully saturated rings. The van der Waals surface area contributed by atoms with E-state index < -0.39 is 0 Å². The molecule has 2 aromatic carbocycles. The quantitative estimate of drug-likeness (QED) is 0.808. The van der Waals surface area contributed by atoms with Gasteiger partial charge in [0.15, 0.2) is 11.5 Å². The summed E-state index contributed by atoms with van der Waals surface area (Å²) in [5.41, 5.74) is 9.36. The van der Waals surface area contributed by atoms with Crippen LogP contribution in [0.1, 0.15) is 29.3 Å². The molecule has 3 rings (SSSR count). The van der Waals surface area contributed by atoms with Gasteiger partial charge in [-0.2, -0.15) is 0 Å². The van der Waals surface area contributed by atoms with E-state index in [4.69, 9.17) is 15.2 Å². The lowest BCUT2D eigenvalue weighted by Crippen LogP contribution is -2.35. The van der Waals surface area contributed by atoms with Gasteiger partial charge in [-0.3, -0.25) is 9.59 Å². The number of carbonyl (C=O) groups is 2. The highest BCUT2D eigenvalue weighted by Crippen LogP contribution is 2.38. The Kier molecular flexibility index (Phi) is 5.21. The van der Waals surface area contributed by atoms with E-state index in [1.165, 1.54) is 21.1 Å². The highest BCUT2D eigenvalue weighted by molar-refractivity contribution is 6.08. The molecule has 3 N–H and O–H groups in total. The molecule has 7 nitrogen and oxygen atoms in total. The van der Waals surface area contributed by atoms with Crippen LogP contribution in [-0.2, 0) is 11.2 Å². The van der Waals surface area contributed by atoms with Crippen molar-refractivity contribution in [1.82, 2.24) is 0 Å². The molecule has 2 aromatic rings. The number of nitrogen functional groups attached to an aromatic ring is 1. The number of anilines is 3. The van der Waals surface area contributed by atoms with Crippen molar-refractivity contribution >= 4 is 28.9 Å². The summed E-state index contributed by atoms with van der Waals surface area (Å²) in [5, 5.41) is 2.69. The molecule has 0 unspecified atom stereocenters. The fourth-order valence-electron chi connectivity index (χ4n) is 3.39. The predicted molar refractivity (Wildman–Crippen MR) is 105 cm³/mol. The highest BCUT2D eigenvalue weighted by Gasteiger charge is 2.26. The van der Waals surface area contributed by atoms with Crippen LogP contribution in [0.5, 0.6) is 11.5 Å². The molecule has 1 aliphatic heterocycles. The molecule has 0 atom stereocenters. The average Bonchev–Trinajstić information content (AvgIpc) is 2.66. The summed E-state index contributed by atoms with van der Waals surface area (Å²) in [7, 11) is 2.97. The normalized spacial score (nSPS) is 12.9. The Bertz CT molecular complexity index is 895. The van der Waals surface area contributed by atoms with E-state index in [1.807, 2.05) is 18.2 Å². The van der Waals surface area contributed by atoms with Crippen LogP contribution >= 0.6 is 0 Å². The van der Waals surface area contributed by atoms with Crippen LogP contribution in [0.3, 0.4) is 0 Å². The smallest absolute Gasteiger partial charge is 0.258 e. The minimum Gasteiger partial charge on any atom is -0.493 e. The molecule has 1 aliphatic rings. The van der Waals surface area contributed by atoms with Gasteiger partial charge in [-0.25, -0.2) is 0 Å². The van der Waals surface area contributed by atoms with Gasteiger partial charge in [0.1, 0.15) is 0 Å². The topological polar surface area (TPSA) is 93.9 Å². The van der Waals surface area contributed by atoms with Gasteiger partial charge in [0, 0.05) is 30.4 Å². The summed E-state index contributed by atoms with van der Waals surface area (Å²) in [6, 6.07) is 8.81. The second kappa shape index (κ2) is 7.57. The molecule has 0 bridgehead atoms. The molecule has 2 amide bonds. The second-order valence-electron chi connectivity index (χ2n) is 6.35. The Hall–Kier alpha value is -3.22.